The molecule has 3 N–H and O–H groups in total. The highest BCUT2D eigenvalue weighted by molar-refractivity contribution is 5.87. The van der Waals surface area contributed by atoms with Gasteiger partial charge in [-0.2, -0.15) is 9.97 Å². The molecule has 2 aromatic heterocycles. The standard InChI is InChI=1S/C10H13N5/c1-3-5-12-10-13-8(11)7-4-6-15(2)9(7)14-10/h3-4,6H,1,5H2,2H3,(H3,11,12,13,14). The number of aryl methyl sites for hydroxylation is 1. The van der Waals surface area contributed by atoms with Gasteiger partial charge in [0.2, 0.25) is 5.95 Å². The molecule has 2 heterocycles. The van der Waals surface area contributed by atoms with Crippen LogP contribution in [-0.2, 0) is 7.05 Å². The van der Waals surface area contributed by atoms with E-state index in [0.29, 0.717) is 18.3 Å². The van der Waals surface area contributed by atoms with Crippen molar-refractivity contribution >= 4 is 22.8 Å². The Balaban J connectivity index is 2.50. The largest absolute Gasteiger partial charge is 0.383 e. The summed E-state index contributed by atoms with van der Waals surface area (Å²) in [7, 11) is 1.92. The number of hydrogen-bond acceptors (Lipinski definition) is 4. The van der Waals surface area contributed by atoms with Crippen LogP contribution in [-0.4, -0.2) is 21.1 Å². The second-order valence-corrected chi connectivity index (χ2v) is 3.27. The molecule has 5 heteroatoms. The molecule has 0 aliphatic carbocycles. The van der Waals surface area contributed by atoms with Crippen molar-refractivity contribution in [1.82, 2.24) is 14.5 Å². The molecule has 0 radical (unpaired) electrons. The Morgan fingerprint density at radius 1 is 1.60 bits per heavy atom. The molecular weight excluding hydrogens is 190 g/mol. The van der Waals surface area contributed by atoms with Crippen molar-refractivity contribution in [2.75, 3.05) is 17.6 Å². The monoisotopic (exact) mass is 203 g/mol. The van der Waals surface area contributed by atoms with Crippen molar-refractivity contribution in [3.8, 4) is 0 Å². The first-order valence-electron chi connectivity index (χ1n) is 4.65. The zero-order chi connectivity index (χ0) is 10.8. The first kappa shape index (κ1) is 9.51. The smallest absolute Gasteiger partial charge is 0.226 e. The maximum atomic E-state index is 5.81. The van der Waals surface area contributed by atoms with Crippen molar-refractivity contribution in [3.05, 3.63) is 24.9 Å². The van der Waals surface area contributed by atoms with Gasteiger partial charge in [0.05, 0.1) is 5.39 Å². The number of nitrogen functional groups attached to an aromatic ring is 1. The van der Waals surface area contributed by atoms with Gasteiger partial charge in [-0.25, -0.2) is 0 Å². The third kappa shape index (κ3) is 1.63. The van der Waals surface area contributed by atoms with Gasteiger partial charge in [-0.3, -0.25) is 0 Å². The number of rotatable bonds is 3. The van der Waals surface area contributed by atoms with E-state index >= 15 is 0 Å². The second kappa shape index (κ2) is 3.61. The first-order chi connectivity index (χ1) is 7.22. The normalized spacial score (nSPS) is 10.5. The molecule has 2 rings (SSSR count). The van der Waals surface area contributed by atoms with E-state index in [1.165, 1.54) is 0 Å². The minimum atomic E-state index is 0.493. The molecule has 0 saturated carbocycles. The third-order valence-corrected chi connectivity index (χ3v) is 2.16. The summed E-state index contributed by atoms with van der Waals surface area (Å²) in [5.41, 5.74) is 6.64. The van der Waals surface area contributed by atoms with Crippen molar-refractivity contribution in [2.45, 2.75) is 0 Å². The fraction of sp³-hybridized carbons (Fsp3) is 0.200. The van der Waals surface area contributed by atoms with Crippen LogP contribution in [0.5, 0.6) is 0 Å². The molecule has 0 aromatic carbocycles. The van der Waals surface area contributed by atoms with Crippen molar-refractivity contribution in [2.24, 2.45) is 7.05 Å². The molecule has 2 aromatic rings. The zero-order valence-corrected chi connectivity index (χ0v) is 8.57. The topological polar surface area (TPSA) is 68.8 Å². The predicted molar refractivity (Wildman–Crippen MR) is 61.6 cm³/mol. The molecule has 78 valence electrons. The van der Waals surface area contributed by atoms with E-state index < -0.39 is 0 Å². The molecule has 0 aliphatic heterocycles. The third-order valence-electron chi connectivity index (χ3n) is 2.16. The molecule has 0 spiro atoms. The van der Waals surface area contributed by atoms with E-state index in [2.05, 4.69) is 21.9 Å². The van der Waals surface area contributed by atoms with E-state index in [9.17, 15) is 0 Å². The van der Waals surface area contributed by atoms with Gasteiger partial charge in [-0.1, -0.05) is 6.08 Å². The minimum absolute atomic E-state index is 0.493. The van der Waals surface area contributed by atoms with E-state index in [0.717, 1.165) is 11.0 Å². The van der Waals surface area contributed by atoms with Gasteiger partial charge in [0.25, 0.3) is 0 Å². The fourth-order valence-corrected chi connectivity index (χ4v) is 1.40. The molecule has 0 fully saturated rings. The Morgan fingerprint density at radius 3 is 3.13 bits per heavy atom. The first-order valence-corrected chi connectivity index (χ1v) is 4.65. The van der Waals surface area contributed by atoms with Crippen molar-refractivity contribution < 1.29 is 0 Å². The number of hydrogen-bond donors (Lipinski definition) is 2. The summed E-state index contributed by atoms with van der Waals surface area (Å²) in [6, 6.07) is 1.90. The molecule has 0 aliphatic rings. The Labute approximate surface area is 87.6 Å². The van der Waals surface area contributed by atoms with Crippen LogP contribution in [0, 0.1) is 0 Å². The van der Waals surface area contributed by atoms with Crippen LogP contribution >= 0.6 is 0 Å². The van der Waals surface area contributed by atoms with Crippen LogP contribution in [0.1, 0.15) is 0 Å². The number of nitrogens with two attached hydrogens (primary N) is 1. The lowest BCUT2D eigenvalue weighted by atomic mass is 10.4. The lowest BCUT2D eigenvalue weighted by molar-refractivity contribution is 0.944. The Bertz CT molecular complexity index is 500. The van der Waals surface area contributed by atoms with Gasteiger partial charge in [-0.05, 0) is 6.07 Å². The van der Waals surface area contributed by atoms with Gasteiger partial charge in [-0.15, -0.1) is 6.58 Å². The second-order valence-electron chi connectivity index (χ2n) is 3.27. The van der Waals surface area contributed by atoms with Crippen LogP contribution in [0.4, 0.5) is 11.8 Å². The lowest BCUT2D eigenvalue weighted by Crippen LogP contribution is -2.06. The molecule has 5 nitrogen and oxygen atoms in total. The highest BCUT2D eigenvalue weighted by Crippen LogP contribution is 2.19. The molecule has 0 saturated heterocycles. The average Bonchev–Trinajstić information content (AvgIpc) is 2.58. The number of fused-ring (bicyclic) bond motifs is 1. The maximum absolute atomic E-state index is 5.81. The Morgan fingerprint density at radius 2 is 2.40 bits per heavy atom. The lowest BCUT2D eigenvalue weighted by Gasteiger charge is -2.04. The summed E-state index contributed by atoms with van der Waals surface area (Å²) in [4.78, 5) is 8.49. The summed E-state index contributed by atoms with van der Waals surface area (Å²) in [5, 5.41) is 3.89. The zero-order valence-electron chi connectivity index (χ0n) is 8.57. The quantitative estimate of drug-likeness (QED) is 0.734. The van der Waals surface area contributed by atoms with Crippen molar-refractivity contribution in [1.29, 1.82) is 0 Å². The van der Waals surface area contributed by atoms with E-state index in [1.54, 1.807) is 6.08 Å². The summed E-state index contributed by atoms with van der Waals surface area (Å²) in [6.45, 7) is 4.23. The van der Waals surface area contributed by atoms with Crippen LogP contribution < -0.4 is 11.1 Å². The maximum Gasteiger partial charge on any atom is 0.226 e. The van der Waals surface area contributed by atoms with Crippen LogP contribution in [0.25, 0.3) is 11.0 Å². The Kier molecular flexibility index (Phi) is 2.29. The molecular formula is C10H13N5. The van der Waals surface area contributed by atoms with Gasteiger partial charge in [0.1, 0.15) is 11.5 Å². The molecule has 15 heavy (non-hydrogen) atoms. The van der Waals surface area contributed by atoms with Gasteiger partial charge >= 0.3 is 0 Å². The van der Waals surface area contributed by atoms with Crippen LogP contribution in [0.15, 0.2) is 24.9 Å². The highest BCUT2D eigenvalue weighted by atomic mass is 15.2. The molecule has 0 atom stereocenters. The van der Waals surface area contributed by atoms with E-state index in [-0.39, 0.29) is 0 Å². The van der Waals surface area contributed by atoms with E-state index in [1.807, 2.05) is 23.9 Å². The van der Waals surface area contributed by atoms with Crippen molar-refractivity contribution in [3.63, 3.8) is 0 Å². The van der Waals surface area contributed by atoms with Crippen LogP contribution in [0.3, 0.4) is 0 Å². The molecule has 0 unspecified atom stereocenters. The number of aromatic nitrogens is 3. The van der Waals surface area contributed by atoms with Crippen LogP contribution in [0.2, 0.25) is 0 Å². The predicted octanol–water partition coefficient (Wildman–Crippen LogP) is 1.15. The van der Waals surface area contributed by atoms with Gasteiger partial charge in [0.15, 0.2) is 0 Å². The summed E-state index contributed by atoms with van der Waals surface area (Å²) in [6.07, 6.45) is 3.65. The number of nitrogens with one attached hydrogen (secondary N) is 1. The minimum Gasteiger partial charge on any atom is -0.383 e. The van der Waals surface area contributed by atoms with Gasteiger partial charge in [0, 0.05) is 19.8 Å². The molecule has 0 amide bonds. The van der Waals surface area contributed by atoms with Gasteiger partial charge < -0.3 is 15.6 Å². The summed E-state index contributed by atoms with van der Waals surface area (Å²) in [5.74, 6) is 1.02. The number of anilines is 2. The summed E-state index contributed by atoms with van der Waals surface area (Å²) < 4.78 is 1.91. The number of nitrogens with zero attached hydrogens (tertiary/aromatic N) is 3. The average molecular weight is 203 g/mol. The highest BCUT2D eigenvalue weighted by Gasteiger charge is 2.06. The molecule has 0 bridgehead atoms. The van der Waals surface area contributed by atoms with E-state index in [4.69, 9.17) is 5.73 Å². The SMILES string of the molecule is C=CCNc1nc(N)c2ccn(C)c2n1. The fourth-order valence-electron chi connectivity index (χ4n) is 1.40. The summed E-state index contributed by atoms with van der Waals surface area (Å²) >= 11 is 0. The Hall–Kier alpha value is -2.04.